The Morgan fingerprint density at radius 1 is 1.50 bits per heavy atom. The first-order chi connectivity index (χ1) is 6.61. The van der Waals surface area contributed by atoms with E-state index in [0.29, 0.717) is 5.82 Å². The minimum Gasteiger partial charge on any atom is -0.382 e. The molecule has 2 rings (SSSR count). The van der Waals surface area contributed by atoms with Crippen molar-refractivity contribution in [2.75, 3.05) is 5.73 Å². The second-order valence-corrected chi connectivity index (χ2v) is 3.39. The third-order valence-corrected chi connectivity index (χ3v) is 2.24. The van der Waals surface area contributed by atoms with Crippen LogP contribution in [0.5, 0.6) is 0 Å². The summed E-state index contributed by atoms with van der Waals surface area (Å²) in [7, 11) is 1.93. The van der Waals surface area contributed by atoms with Crippen molar-refractivity contribution in [1.82, 2.24) is 14.5 Å². The van der Waals surface area contributed by atoms with E-state index in [-0.39, 0.29) is 0 Å². The van der Waals surface area contributed by atoms with Crippen LogP contribution in [-0.2, 0) is 7.05 Å². The maximum atomic E-state index is 5.77. The van der Waals surface area contributed by atoms with Crippen LogP contribution in [0.25, 0.3) is 16.6 Å². The van der Waals surface area contributed by atoms with Gasteiger partial charge in [-0.25, -0.2) is 9.97 Å². The highest BCUT2D eigenvalue weighted by atomic mass is 15.0. The van der Waals surface area contributed by atoms with Gasteiger partial charge in [-0.15, -0.1) is 0 Å². The normalized spacial score (nSPS) is 10.7. The van der Waals surface area contributed by atoms with E-state index in [2.05, 4.69) is 16.5 Å². The van der Waals surface area contributed by atoms with Crippen molar-refractivity contribution < 1.29 is 0 Å². The molecule has 0 atom stereocenters. The van der Waals surface area contributed by atoms with Crippen LogP contribution in [0.15, 0.2) is 19.1 Å². The lowest BCUT2D eigenvalue weighted by Crippen LogP contribution is -1.96. The molecular weight excluding hydrogens is 176 g/mol. The van der Waals surface area contributed by atoms with E-state index in [4.69, 9.17) is 5.73 Å². The lowest BCUT2D eigenvalue weighted by molar-refractivity contribution is 0.963. The zero-order valence-corrected chi connectivity index (χ0v) is 8.28. The fraction of sp³-hybridized carbons (Fsp3) is 0.200. The number of nitrogen functional groups attached to an aromatic ring is 1. The number of aromatic nitrogens is 3. The molecule has 0 aliphatic rings. The van der Waals surface area contributed by atoms with E-state index in [1.165, 1.54) is 6.33 Å². The molecule has 0 aliphatic carbocycles. The summed E-state index contributed by atoms with van der Waals surface area (Å²) in [4.78, 5) is 8.17. The van der Waals surface area contributed by atoms with E-state index >= 15 is 0 Å². The van der Waals surface area contributed by atoms with Gasteiger partial charge < -0.3 is 10.3 Å². The molecule has 0 bridgehead atoms. The van der Waals surface area contributed by atoms with Crippen molar-refractivity contribution >= 4 is 22.4 Å². The first kappa shape index (κ1) is 8.74. The number of nitrogens with zero attached hydrogens (tertiary/aromatic N) is 3. The molecule has 0 saturated heterocycles. The molecule has 0 spiro atoms. The molecule has 0 amide bonds. The average molecular weight is 188 g/mol. The first-order valence-corrected chi connectivity index (χ1v) is 4.32. The SMILES string of the molecule is C=C(C)c1cn(C)c2c(N)ncnc12. The van der Waals surface area contributed by atoms with Crippen molar-refractivity contribution in [3.63, 3.8) is 0 Å². The first-order valence-electron chi connectivity index (χ1n) is 4.32. The second kappa shape index (κ2) is 2.83. The van der Waals surface area contributed by atoms with Crippen molar-refractivity contribution in [2.24, 2.45) is 7.05 Å². The molecule has 2 aromatic rings. The highest BCUT2D eigenvalue weighted by Crippen LogP contribution is 2.25. The summed E-state index contributed by atoms with van der Waals surface area (Å²) >= 11 is 0. The predicted molar refractivity (Wildman–Crippen MR) is 57.6 cm³/mol. The summed E-state index contributed by atoms with van der Waals surface area (Å²) in [5.41, 5.74) is 9.51. The van der Waals surface area contributed by atoms with Crippen molar-refractivity contribution in [2.45, 2.75) is 6.92 Å². The molecule has 0 saturated carbocycles. The number of nitrogens with two attached hydrogens (primary N) is 1. The van der Waals surface area contributed by atoms with Gasteiger partial charge in [0.2, 0.25) is 0 Å². The molecule has 0 radical (unpaired) electrons. The van der Waals surface area contributed by atoms with Crippen LogP contribution >= 0.6 is 0 Å². The van der Waals surface area contributed by atoms with Gasteiger partial charge >= 0.3 is 0 Å². The maximum absolute atomic E-state index is 5.77. The van der Waals surface area contributed by atoms with Crippen molar-refractivity contribution in [3.8, 4) is 0 Å². The predicted octanol–water partition coefficient (Wildman–Crippen LogP) is 1.58. The van der Waals surface area contributed by atoms with Crippen LogP contribution in [0.3, 0.4) is 0 Å². The Morgan fingerprint density at radius 2 is 2.21 bits per heavy atom. The van der Waals surface area contributed by atoms with Crippen LogP contribution < -0.4 is 5.73 Å². The second-order valence-electron chi connectivity index (χ2n) is 3.39. The number of anilines is 1. The average Bonchev–Trinajstić information content (AvgIpc) is 2.45. The summed E-state index contributed by atoms with van der Waals surface area (Å²) in [5.74, 6) is 0.505. The Labute approximate surface area is 82.1 Å². The molecule has 2 N–H and O–H groups in total. The summed E-state index contributed by atoms with van der Waals surface area (Å²) in [6.45, 7) is 5.86. The Hall–Kier alpha value is -1.84. The number of fused-ring (bicyclic) bond motifs is 1. The number of aryl methyl sites for hydroxylation is 1. The third-order valence-electron chi connectivity index (χ3n) is 2.24. The zero-order valence-electron chi connectivity index (χ0n) is 8.28. The Morgan fingerprint density at radius 3 is 2.86 bits per heavy atom. The van der Waals surface area contributed by atoms with E-state index in [1.54, 1.807) is 0 Å². The molecule has 14 heavy (non-hydrogen) atoms. The number of rotatable bonds is 1. The molecule has 0 aromatic carbocycles. The van der Waals surface area contributed by atoms with Gasteiger partial charge in [0.05, 0.1) is 0 Å². The minimum absolute atomic E-state index is 0.505. The smallest absolute Gasteiger partial charge is 0.151 e. The summed E-state index contributed by atoms with van der Waals surface area (Å²) < 4.78 is 1.93. The van der Waals surface area contributed by atoms with E-state index in [1.807, 2.05) is 24.7 Å². The van der Waals surface area contributed by atoms with Gasteiger partial charge in [-0.2, -0.15) is 0 Å². The summed E-state index contributed by atoms with van der Waals surface area (Å²) in [6.07, 6.45) is 3.45. The summed E-state index contributed by atoms with van der Waals surface area (Å²) in [6, 6.07) is 0. The van der Waals surface area contributed by atoms with Crippen LogP contribution in [-0.4, -0.2) is 14.5 Å². The fourth-order valence-electron chi connectivity index (χ4n) is 1.57. The fourth-order valence-corrected chi connectivity index (χ4v) is 1.57. The molecule has 0 unspecified atom stereocenters. The van der Waals surface area contributed by atoms with E-state index in [9.17, 15) is 0 Å². The van der Waals surface area contributed by atoms with Gasteiger partial charge in [-0.05, 0) is 12.5 Å². The van der Waals surface area contributed by atoms with Crippen LogP contribution in [0.4, 0.5) is 5.82 Å². The Balaban J connectivity index is 2.91. The third kappa shape index (κ3) is 1.08. The molecule has 2 aromatic heterocycles. The monoisotopic (exact) mass is 188 g/mol. The Bertz CT molecular complexity index is 510. The summed E-state index contributed by atoms with van der Waals surface area (Å²) in [5, 5.41) is 0. The van der Waals surface area contributed by atoms with Crippen LogP contribution in [0, 0.1) is 0 Å². The van der Waals surface area contributed by atoms with Gasteiger partial charge in [-0.1, -0.05) is 6.58 Å². The largest absolute Gasteiger partial charge is 0.382 e. The molecular formula is C10H12N4. The molecule has 0 aliphatic heterocycles. The molecule has 0 fully saturated rings. The lowest BCUT2D eigenvalue weighted by atomic mass is 10.1. The highest BCUT2D eigenvalue weighted by molar-refractivity contribution is 5.94. The Kier molecular flexibility index (Phi) is 1.77. The quantitative estimate of drug-likeness (QED) is 0.739. The van der Waals surface area contributed by atoms with Gasteiger partial charge in [0.1, 0.15) is 17.4 Å². The van der Waals surface area contributed by atoms with Gasteiger partial charge in [-0.3, -0.25) is 0 Å². The number of allylic oxidation sites excluding steroid dienone is 1. The van der Waals surface area contributed by atoms with Crippen molar-refractivity contribution in [1.29, 1.82) is 0 Å². The van der Waals surface area contributed by atoms with Gasteiger partial charge in [0, 0.05) is 18.8 Å². The van der Waals surface area contributed by atoms with E-state index < -0.39 is 0 Å². The molecule has 4 nitrogen and oxygen atoms in total. The number of hydrogen-bond donors (Lipinski definition) is 1. The van der Waals surface area contributed by atoms with Crippen molar-refractivity contribution in [3.05, 3.63) is 24.7 Å². The maximum Gasteiger partial charge on any atom is 0.151 e. The lowest BCUT2D eigenvalue weighted by Gasteiger charge is -1.98. The zero-order chi connectivity index (χ0) is 10.3. The van der Waals surface area contributed by atoms with Gasteiger partial charge in [0.15, 0.2) is 5.82 Å². The number of hydrogen-bond acceptors (Lipinski definition) is 3. The topological polar surface area (TPSA) is 56.7 Å². The van der Waals surface area contributed by atoms with Gasteiger partial charge in [0.25, 0.3) is 0 Å². The molecule has 4 heteroatoms. The van der Waals surface area contributed by atoms with E-state index in [0.717, 1.165) is 22.2 Å². The highest BCUT2D eigenvalue weighted by Gasteiger charge is 2.10. The minimum atomic E-state index is 0.505. The molecule has 72 valence electrons. The van der Waals surface area contributed by atoms with Crippen LogP contribution in [0.1, 0.15) is 12.5 Å². The molecule has 2 heterocycles. The standard InChI is InChI=1S/C10H12N4/c1-6(2)7-4-14(3)9-8(7)12-5-13-10(9)11/h4-5H,1H2,2-3H3,(H2,11,12,13). The van der Waals surface area contributed by atoms with Crippen LogP contribution in [0.2, 0.25) is 0 Å².